The molecule has 34 heavy (non-hydrogen) atoms. The van der Waals surface area contributed by atoms with E-state index in [4.69, 9.17) is 15.2 Å². The quantitative estimate of drug-likeness (QED) is 0.427. The molecule has 1 saturated carbocycles. The summed E-state index contributed by atoms with van der Waals surface area (Å²) in [7, 11) is 0. The van der Waals surface area contributed by atoms with E-state index in [1.54, 1.807) is 30.9 Å². The predicted molar refractivity (Wildman–Crippen MR) is 128 cm³/mol. The lowest BCUT2D eigenvalue weighted by molar-refractivity contribution is 0.0577. The Balaban J connectivity index is 1.44. The Morgan fingerprint density at radius 3 is 2.47 bits per heavy atom. The van der Waals surface area contributed by atoms with Crippen molar-refractivity contribution in [2.75, 3.05) is 5.73 Å². The van der Waals surface area contributed by atoms with Crippen LogP contribution in [0.1, 0.15) is 50.7 Å². The van der Waals surface area contributed by atoms with Crippen molar-refractivity contribution in [2.45, 2.75) is 58.1 Å². The molecule has 0 amide bonds. The van der Waals surface area contributed by atoms with Gasteiger partial charge < -0.3 is 15.4 Å². The fourth-order valence-electron chi connectivity index (χ4n) is 4.33. The molecule has 4 aromatic rings. The lowest BCUT2D eigenvalue weighted by atomic mass is 9.77. The highest BCUT2D eigenvalue weighted by atomic mass is 16.5. The van der Waals surface area contributed by atoms with E-state index in [1.807, 2.05) is 13.1 Å². The maximum atomic E-state index is 10.0. The van der Waals surface area contributed by atoms with Crippen molar-refractivity contribution in [1.82, 2.24) is 29.9 Å². The van der Waals surface area contributed by atoms with Crippen LogP contribution >= 0.6 is 0 Å². The molecule has 0 aliphatic heterocycles. The fraction of sp³-hybridized carbons (Fsp3) is 0.400. The number of nitrogens with two attached hydrogens (primary N) is 1. The van der Waals surface area contributed by atoms with Crippen LogP contribution in [-0.2, 0) is 12.0 Å². The van der Waals surface area contributed by atoms with Crippen LogP contribution in [0.4, 0.5) is 5.82 Å². The summed E-state index contributed by atoms with van der Waals surface area (Å²) >= 11 is 0. The van der Waals surface area contributed by atoms with Gasteiger partial charge in [0.05, 0.1) is 46.9 Å². The zero-order chi connectivity index (χ0) is 24.1. The molecule has 5 rings (SSSR count). The van der Waals surface area contributed by atoms with E-state index >= 15 is 0 Å². The molecule has 1 aliphatic carbocycles. The lowest BCUT2D eigenvalue weighted by Crippen LogP contribution is -2.28. The van der Waals surface area contributed by atoms with E-state index in [9.17, 15) is 5.11 Å². The normalized spacial score (nSPS) is 15.9. The van der Waals surface area contributed by atoms with Crippen LogP contribution in [0.25, 0.3) is 22.7 Å². The summed E-state index contributed by atoms with van der Waals surface area (Å²) in [6, 6.07) is 8.32. The first kappa shape index (κ1) is 22.2. The number of rotatable bonds is 7. The topological polar surface area (TPSA) is 129 Å². The van der Waals surface area contributed by atoms with Crippen LogP contribution in [0.15, 0.2) is 47.4 Å². The highest BCUT2D eigenvalue weighted by Gasteiger charge is 2.47. The van der Waals surface area contributed by atoms with Gasteiger partial charge in [-0.25, -0.2) is 9.97 Å². The minimum Gasteiger partial charge on any atom is -0.389 e. The van der Waals surface area contributed by atoms with Gasteiger partial charge in [-0.3, -0.25) is 4.68 Å². The lowest BCUT2D eigenvalue weighted by Gasteiger charge is -2.27. The summed E-state index contributed by atoms with van der Waals surface area (Å²) in [6.07, 6.45) is 7.43. The van der Waals surface area contributed by atoms with Crippen LogP contribution < -0.4 is 5.73 Å². The second kappa shape index (κ2) is 8.02. The molecule has 0 unspecified atom stereocenters. The average Bonchev–Trinajstić information content (AvgIpc) is 3.36. The summed E-state index contributed by atoms with van der Waals surface area (Å²) in [5, 5.41) is 18.7. The number of aliphatic hydroxyl groups is 1. The van der Waals surface area contributed by atoms with Crippen LogP contribution in [-0.4, -0.2) is 40.6 Å². The third-order valence-electron chi connectivity index (χ3n) is 6.48. The summed E-state index contributed by atoms with van der Waals surface area (Å²) in [5.41, 5.74) is 8.92. The first-order valence-corrected chi connectivity index (χ1v) is 11.4. The fourth-order valence-corrected chi connectivity index (χ4v) is 4.33. The maximum Gasteiger partial charge on any atom is 0.261 e. The van der Waals surface area contributed by atoms with E-state index in [0.29, 0.717) is 30.0 Å². The Labute approximate surface area is 198 Å². The van der Waals surface area contributed by atoms with Gasteiger partial charge in [0.2, 0.25) is 0 Å². The second-order valence-corrected chi connectivity index (χ2v) is 9.94. The minimum atomic E-state index is -0.864. The third-order valence-corrected chi connectivity index (χ3v) is 6.48. The molecule has 0 saturated heterocycles. The molecule has 0 spiro atoms. The zero-order valence-electron chi connectivity index (χ0n) is 19.9. The molecule has 0 bridgehead atoms. The van der Waals surface area contributed by atoms with Crippen molar-refractivity contribution < 1.29 is 9.63 Å². The minimum absolute atomic E-state index is 0.369. The Morgan fingerprint density at radius 2 is 1.82 bits per heavy atom. The maximum absolute atomic E-state index is 10.0. The van der Waals surface area contributed by atoms with E-state index in [2.05, 4.69) is 51.4 Å². The van der Waals surface area contributed by atoms with Crippen LogP contribution in [0, 0.1) is 12.8 Å². The first-order chi connectivity index (χ1) is 16.1. The molecule has 3 aromatic heterocycles. The van der Waals surface area contributed by atoms with Crippen molar-refractivity contribution in [2.24, 2.45) is 5.92 Å². The van der Waals surface area contributed by atoms with Gasteiger partial charge in [-0.1, -0.05) is 29.4 Å². The van der Waals surface area contributed by atoms with Crippen molar-refractivity contribution in [3.05, 3.63) is 59.9 Å². The summed E-state index contributed by atoms with van der Waals surface area (Å²) in [4.78, 5) is 13.5. The SMILES string of the molecule is Cc1nc(-c2ccc([C@](C)(c3noc(-c4cnn(CC(C)(C)O)c4)n3)C3CC3)cc2)cnc1N. The third kappa shape index (κ3) is 4.19. The van der Waals surface area contributed by atoms with Gasteiger partial charge in [-0.15, -0.1) is 0 Å². The number of nitrogens with zero attached hydrogens (tertiary/aromatic N) is 6. The van der Waals surface area contributed by atoms with Gasteiger partial charge in [-0.05, 0) is 52.0 Å². The molecule has 1 aromatic carbocycles. The Morgan fingerprint density at radius 1 is 1.09 bits per heavy atom. The van der Waals surface area contributed by atoms with Crippen molar-refractivity contribution in [3.8, 4) is 22.7 Å². The predicted octanol–water partition coefficient (Wildman–Crippen LogP) is 3.77. The molecule has 9 nitrogen and oxygen atoms in total. The van der Waals surface area contributed by atoms with E-state index < -0.39 is 5.60 Å². The van der Waals surface area contributed by atoms with Crippen molar-refractivity contribution >= 4 is 5.82 Å². The molecule has 3 heterocycles. The average molecular weight is 460 g/mol. The van der Waals surface area contributed by atoms with Gasteiger partial charge in [0, 0.05) is 11.8 Å². The van der Waals surface area contributed by atoms with Crippen molar-refractivity contribution in [1.29, 1.82) is 0 Å². The molecule has 176 valence electrons. The van der Waals surface area contributed by atoms with Gasteiger partial charge in [0.1, 0.15) is 5.82 Å². The van der Waals surface area contributed by atoms with Gasteiger partial charge in [-0.2, -0.15) is 10.1 Å². The highest BCUT2D eigenvalue weighted by Crippen LogP contribution is 2.50. The Kier molecular flexibility index (Phi) is 5.24. The number of nitrogen functional groups attached to an aromatic ring is 1. The molecule has 0 radical (unpaired) electrons. The molecule has 3 N–H and O–H groups in total. The zero-order valence-corrected chi connectivity index (χ0v) is 19.9. The number of benzene rings is 1. The second-order valence-electron chi connectivity index (χ2n) is 9.94. The summed E-state index contributed by atoms with van der Waals surface area (Å²) < 4.78 is 7.33. The molecular formula is C25H29N7O2. The monoisotopic (exact) mass is 459 g/mol. The number of aromatic nitrogens is 6. The number of hydrogen-bond acceptors (Lipinski definition) is 8. The molecule has 9 heteroatoms. The Bertz CT molecular complexity index is 1320. The van der Waals surface area contributed by atoms with Gasteiger partial charge in [0.25, 0.3) is 5.89 Å². The van der Waals surface area contributed by atoms with E-state index in [0.717, 1.165) is 40.9 Å². The number of anilines is 1. The molecule has 1 fully saturated rings. The van der Waals surface area contributed by atoms with Gasteiger partial charge in [0.15, 0.2) is 5.82 Å². The van der Waals surface area contributed by atoms with Crippen LogP contribution in [0.3, 0.4) is 0 Å². The molecule has 1 aliphatic rings. The summed E-state index contributed by atoms with van der Waals surface area (Å²) in [5.74, 6) is 1.98. The highest BCUT2D eigenvalue weighted by molar-refractivity contribution is 5.61. The number of aryl methyl sites for hydroxylation is 1. The molecule has 1 atom stereocenters. The van der Waals surface area contributed by atoms with Crippen molar-refractivity contribution in [3.63, 3.8) is 0 Å². The largest absolute Gasteiger partial charge is 0.389 e. The number of hydrogen-bond donors (Lipinski definition) is 2. The van der Waals surface area contributed by atoms with Crippen LogP contribution in [0.2, 0.25) is 0 Å². The van der Waals surface area contributed by atoms with Gasteiger partial charge >= 0.3 is 0 Å². The van der Waals surface area contributed by atoms with E-state index in [1.165, 1.54) is 0 Å². The smallest absolute Gasteiger partial charge is 0.261 e. The first-order valence-electron chi connectivity index (χ1n) is 11.4. The Hall–Kier alpha value is -3.59. The molecular weight excluding hydrogens is 430 g/mol. The summed E-state index contributed by atoms with van der Waals surface area (Å²) in [6.45, 7) is 7.89. The van der Waals surface area contributed by atoms with E-state index in [-0.39, 0.29) is 5.41 Å². The standard InChI is InChI=1S/C25H29N7O2/c1-15-21(26)27-12-20(29-15)16-5-7-18(8-6-16)25(4,19-9-10-19)23-30-22(34-31-23)17-11-28-32(13-17)14-24(2,3)33/h5-8,11-13,19,33H,9-10,14H2,1-4H3,(H2,26,27)/t25-/m0/s1. The van der Waals surface area contributed by atoms with Crippen LogP contribution in [0.5, 0.6) is 0 Å².